The Balaban J connectivity index is 0.000000422. The molecule has 2 heterocycles. The maximum atomic E-state index is 13.0. The molecule has 1 aromatic heterocycles. The summed E-state index contributed by atoms with van der Waals surface area (Å²) in [6.45, 7) is 2.38. The Bertz CT molecular complexity index is 1060. The van der Waals surface area contributed by atoms with E-state index in [2.05, 4.69) is 15.3 Å². The molecule has 1 amide bonds. The number of fused-ring (bicyclic) bond motifs is 2. The second-order valence-electron chi connectivity index (χ2n) is 8.48. The van der Waals surface area contributed by atoms with Crippen LogP contribution >= 0.6 is 11.6 Å². The van der Waals surface area contributed by atoms with Crippen LogP contribution in [-0.2, 0) is 30.5 Å². The number of halogens is 4. The highest BCUT2D eigenvalue weighted by molar-refractivity contribution is 6.28. The third-order valence-corrected chi connectivity index (χ3v) is 6.09. The van der Waals surface area contributed by atoms with Crippen LogP contribution in [0.5, 0.6) is 0 Å². The molecule has 0 unspecified atom stereocenters. The van der Waals surface area contributed by atoms with Gasteiger partial charge in [-0.2, -0.15) is 13.2 Å². The average molecular weight is 470 g/mol. The predicted molar refractivity (Wildman–Crippen MR) is 113 cm³/mol. The number of carbonyl (C=O) groups is 1. The largest absolute Gasteiger partial charge is 0.416 e. The van der Waals surface area contributed by atoms with Gasteiger partial charge in [-0.1, -0.05) is 0 Å². The van der Waals surface area contributed by atoms with Crippen molar-refractivity contribution in [2.75, 3.05) is 17.6 Å². The SMILES string of the molecule is CC(=O)N1CCc2nc(Cl)nc(NCc3cc(N)cc(C(F)(F)F)c3)c2C1.OC12CC1C2. The van der Waals surface area contributed by atoms with Crippen molar-refractivity contribution in [2.45, 2.75) is 51.1 Å². The molecule has 32 heavy (non-hydrogen) atoms. The predicted octanol–water partition coefficient (Wildman–Crippen LogP) is 3.39. The molecule has 0 spiro atoms. The van der Waals surface area contributed by atoms with Crippen molar-refractivity contribution in [3.63, 3.8) is 0 Å². The monoisotopic (exact) mass is 469 g/mol. The van der Waals surface area contributed by atoms with Crippen molar-refractivity contribution >= 4 is 29.0 Å². The first-order valence-corrected chi connectivity index (χ1v) is 10.6. The molecule has 2 aromatic rings. The Morgan fingerprint density at radius 2 is 2.00 bits per heavy atom. The molecule has 0 saturated heterocycles. The van der Waals surface area contributed by atoms with Crippen molar-refractivity contribution < 1.29 is 23.1 Å². The number of nitrogen functional groups attached to an aromatic ring is 1. The zero-order valence-electron chi connectivity index (χ0n) is 17.3. The van der Waals surface area contributed by atoms with Crippen molar-refractivity contribution in [3.05, 3.63) is 45.9 Å². The molecule has 4 N–H and O–H groups in total. The van der Waals surface area contributed by atoms with Crippen molar-refractivity contribution in [2.24, 2.45) is 5.92 Å². The Kier molecular flexibility index (Phi) is 5.70. The summed E-state index contributed by atoms with van der Waals surface area (Å²) in [4.78, 5) is 21.6. The van der Waals surface area contributed by atoms with E-state index in [0.717, 1.165) is 36.6 Å². The fraction of sp³-hybridized carbons (Fsp3) is 0.476. The molecule has 5 rings (SSSR count). The first-order valence-electron chi connectivity index (χ1n) is 10.2. The summed E-state index contributed by atoms with van der Waals surface area (Å²) in [7, 11) is 0. The van der Waals surface area contributed by atoms with E-state index in [1.54, 1.807) is 4.90 Å². The zero-order valence-corrected chi connectivity index (χ0v) is 18.1. The Morgan fingerprint density at radius 1 is 1.34 bits per heavy atom. The Hall–Kier alpha value is -2.59. The molecule has 2 saturated carbocycles. The molecule has 1 aliphatic heterocycles. The first kappa shape index (κ1) is 22.6. The number of benzene rings is 1. The summed E-state index contributed by atoms with van der Waals surface area (Å²) in [6, 6.07) is 3.37. The van der Waals surface area contributed by atoms with Crippen LogP contribution in [0.2, 0.25) is 5.28 Å². The number of rotatable bonds is 3. The second kappa shape index (κ2) is 8.08. The highest BCUT2D eigenvalue weighted by Gasteiger charge is 2.69. The number of amides is 1. The van der Waals surface area contributed by atoms with Crippen LogP contribution in [0.4, 0.5) is 24.7 Å². The van der Waals surface area contributed by atoms with E-state index < -0.39 is 11.7 Å². The molecule has 172 valence electrons. The lowest BCUT2D eigenvalue weighted by molar-refractivity contribution is -0.137. The van der Waals surface area contributed by atoms with Gasteiger partial charge in [0.05, 0.1) is 23.4 Å². The maximum absolute atomic E-state index is 13.0. The number of anilines is 2. The van der Waals surface area contributed by atoms with E-state index in [1.807, 2.05) is 0 Å². The van der Waals surface area contributed by atoms with Gasteiger partial charge in [0, 0.05) is 37.7 Å². The van der Waals surface area contributed by atoms with Crippen molar-refractivity contribution in [1.82, 2.24) is 14.9 Å². The van der Waals surface area contributed by atoms with Gasteiger partial charge in [0.25, 0.3) is 0 Å². The first-order chi connectivity index (χ1) is 14.9. The lowest BCUT2D eigenvalue weighted by Gasteiger charge is -2.28. The molecule has 11 heteroatoms. The number of aliphatic hydroxyl groups is 1. The summed E-state index contributed by atoms with van der Waals surface area (Å²) in [5, 5.41) is 11.7. The van der Waals surface area contributed by atoms with E-state index in [9.17, 15) is 18.0 Å². The van der Waals surface area contributed by atoms with Gasteiger partial charge in [-0.15, -0.1) is 0 Å². The van der Waals surface area contributed by atoms with Gasteiger partial charge in [0.1, 0.15) is 5.82 Å². The van der Waals surface area contributed by atoms with Gasteiger partial charge >= 0.3 is 6.18 Å². The topological polar surface area (TPSA) is 104 Å². The van der Waals surface area contributed by atoms with E-state index in [0.29, 0.717) is 36.5 Å². The molecule has 1 aromatic carbocycles. The standard InChI is InChI=1S/C17H17ClF3N5O.C4H6O/c1-9(27)26-3-2-14-13(8-26)15(25-16(18)24-14)23-7-10-4-11(17(19,20)21)6-12(22)5-10;5-4-1-3(4)2-4/h4-6H,2-3,7-8,22H2,1H3,(H,23,24,25);3,5H,1-2H2. The number of hydrogen-bond acceptors (Lipinski definition) is 6. The fourth-order valence-electron chi connectivity index (χ4n) is 3.64. The number of nitrogens with two attached hydrogens (primary N) is 1. The normalized spacial score (nSPS) is 22.8. The second-order valence-corrected chi connectivity index (χ2v) is 8.82. The number of alkyl halides is 3. The van der Waals surface area contributed by atoms with Gasteiger partial charge in [-0.25, -0.2) is 9.97 Å². The highest BCUT2D eigenvalue weighted by Crippen LogP contribution is 2.66. The average Bonchev–Trinajstić information content (AvgIpc) is 3.54. The van der Waals surface area contributed by atoms with Crippen LogP contribution in [0.1, 0.15) is 42.1 Å². The molecule has 2 aliphatic carbocycles. The zero-order chi connectivity index (χ0) is 23.3. The quantitative estimate of drug-likeness (QED) is 0.470. The summed E-state index contributed by atoms with van der Waals surface area (Å²) in [5.74, 6) is 1.07. The molecule has 0 radical (unpaired) electrons. The highest BCUT2D eigenvalue weighted by atomic mass is 35.5. The molecule has 0 atom stereocenters. The van der Waals surface area contributed by atoms with Gasteiger partial charge in [0.2, 0.25) is 11.2 Å². The fourth-order valence-corrected chi connectivity index (χ4v) is 3.83. The lowest BCUT2D eigenvalue weighted by atomic mass is 10.1. The Morgan fingerprint density at radius 3 is 2.56 bits per heavy atom. The lowest BCUT2D eigenvalue weighted by Crippen LogP contribution is -2.35. The van der Waals surface area contributed by atoms with Crippen LogP contribution in [0.15, 0.2) is 18.2 Å². The number of nitrogens with one attached hydrogen (secondary N) is 1. The van der Waals surface area contributed by atoms with Crippen LogP contribution in [0.3, 0.4) is 0 Å². The summed E-state index contributed by atoms with van der Waals surface area (Å²) in [6.07, 6.45) is -1.74. The number of hydrogen-bond donors (Lipinski definition) is 3. The van der Waals surface area contributed by atoms with E-state index in [4.69, 9.17) is 22.4 Å². The molecule has 7 nitrogen and oxygen atoms in total. The van der Waals surface area contributed by atoms with Gasteiger partial charge in [-0.3, -0.25) is 4.79 Å². The van der Waals surface area contributed by atoms with Crippen LogP contribution in [-0.4, -0.2) is 38.0 Å². The van der Waals surface area contributed by atoms with E-state index in [-0.39, 0.29) is 29.0 Å². The molecule has 0 bridgehead atoms. The van der Waals surface area contributed by atoms with E-state index >= 15 is 0 Å². The minimum Gasteiger partial charge on any atom is -0.399 e. The van der Waals surface area contributed by atoms with Crippen LogP contribution < -0.4 is 11.1 Å². The van der Waals surface area contributed by atoms with Crippen molar-refractivity contribution in [1.29, 1.82) is 0 Å². The number of carbonyl (C=O) groups excluding carboxylic acids is 1. The minimum absolute atomic E-state index is 0.0205. The number of aromatic nitrogens is 2. The minimum atomic E-state index is -4.48. The Labute approximate surface area is 187 Å². The maximum Gasteiger partial charge on any atom is 0.416 e. The summed E-state index contributed by atoms with van der Waals surface area (Å²) >= 11 is 5.96. The van der Waals surface area contributed by atoms with E-state index in [1.165, 1.54) is 13.0 Å². The van der Waals surface area contributed by atoms with Crippen molar-refractivity contribution in [3.8, 4) is 0 Å². The summed E-state index contributed by atoms with van der Waals surface area (Å²) in [5.41, 5.74) is 6.50. The molecule has 2 fully saturated rings. The van der Waals surface area contributed by atoms with Gasteiger partial charge < -0.3 is 21.1 Å². The smallest absolute Gasteiger partial charge is 0.399 e. The molecule has 3 aliphatic rings. The number of nitrogens with zero attached hydrogens (tertiary/aromatic N) is 3. The molecular weight excluding hydrogens is 447 g/mol. The van der Waals surface area contributed by atoms with Crippen LogP contribution in [0, 0.1) is 5.92 Å². The third kappa shape index (κ3) is 5.07. The van der Waals surface area contributed by atoms with Gasteiger partial charge in [-0.05, 0) is 54.1 Å². The molecular formula is C21H23ClF3N5O2. The summed E-state index contributed by atoms with van der Waals surface area (Å²) < 4.78 is 38.9. The third-order valence-electron chi connectivity index (χ3n) is 5.92. The van der Waals surface area contributed by atoms with Crippen LogP contribution in [0.25, 0.3) is 0 Å². The van der Waals surface area contributed by atoms with Gasteiger partial charge in [0.15, 0.2) is 0 Å².